The molecule has 0 spiro atoms. The summed E-state index contributed by atoms with van der Waals surface area (Å²) in [5.74, 6) is 0.636. The molecule has 1 aromatic carbocycles. The molecule has 25 heavy (non-hydrogen) atoms. The second kappa shape index (κ2) is 7.53. The number of nitrogens with zero attached hydrogens (tertiary/aromatic N) is 5. The fourth-order valence-electron chi connectivity index (χ4n) is 2.05. The molecule has 0 aliphatic rings. The van der Waals surface area contributed by atoms with E-state index in [9.17, 15) is 5.21 Å². The molecule has 0 aliphatic carbocycles. The highest BCUT2D eigenvalue weighted by molar-refractivity contribution is 5.97. The van der Waals surface area contributed by atoms with Crippen molar-refractivity contribution in [1.29, 1.82) is 0 Å². The number of hydrogen-bond donors (Lipinski definition) is 3. The zero-order valence-electron chi connectivity index (χ0n) is 13.3. The first-order valence-electron chi connectivity index (χ1n) is 7.39. The van der Waals surface area contributed by atoms with Crippen LogP contribution in [0.3, 0.4) is 0 Å². The average Bonchev–Trinajstić information content (AvgIpc) is 2.67. The molecule has 0 fully saturated rings. The summed E-state index contributed by atoms with van der Waals surface area (Å²) >= 11 is 0. The molecule has 3 rings (SSSR count). The lowest BCUT2D eigenvalue weighted by molar-refractivity contribution is -0.991. The Balaban J connectivity index is 1.84. The van der Waals surface area contributed by atoms with E-state index in [1.54, 1.807) is 13.0 Å². The third-order valence-electron chi connectivity index (χ3n) is 3.33. The van der Waals surface area contributed by atoms with Crippen molar-refractivity contribution in [3.63, 3.8) is 0 Å². The summed E-state index contributed by atoms with van der Waals surface area (Å²) in [4.78, 5) is 8.41. The summed E-state index contributed by atoms with van der Waals surface area (Å²) in [6.07, 6.45) is 2.98. The Kier molecular flexibility index (Phi) is 5.00. The standard InChI is InChI=1S/C16H15N7O2/c1-11(20-22-16-14(23(24)25)8-5-9-17-16)13-10-18-21-15(19-13)12-6-3-2-4-7-12/h2-10,23-24H,1H3,(H,17,22). The van der Waals surface area contributed by atoms with Gasteiger partial charge in [0.2, 0.25) is 11.5 Å². The van der Waals surface area contributed by atoms with E-state index in [0.29, 0.717) is 17.2 Å². The number of quaternary nitrogens is 1. The van der Waals surface area contributed by atoms with Crippen LogP contribution in [-0.4, -0.2) is 31.1 Å². The minimum absolute atomic E-state index is 0.0323. The second-order valence-electron chi connectivity index (χ2n) is 5.04. The minimum Gasteiger partial charge on any atom is -0.595 e. The highest BCUT2D eigenvalue weighted by atomic mass is 16.8. The van der Waals surface area contributed by atoms with Crippen LogP contribution in [0.5, 0.6) is 0 Å². The maximum atomic E-state index is 11.2. The van der Waals surface area contributed by atoms with Crippen LogP contribution in [0, 0.1) is 5.21 Å². The fraction of sp³-hybridized carbons (Fsp3) is 0.0625. The Morgan fingerprint density at radius 1 is 1.20 bits per heavy atom. The van der Waals surface area contributed by atoms with Crippen molar-refractivity contribution in [2.24, 2.45) is 5.10 Å². The molecular formula is C16H15N7O2. The Bertz CT molecular complexity index is 884. The summed E-state index contributed by atoms with van der Waals surface area (Å²) in [5, 5.41) is 31.4. The number of hydrazone groups is 1. The zero-order valence-corrected chi connectivity index (χ0v) is 13.3. The minimum atomic E-state index is -1.08. The van der Waals surface area contributed by atoms with Crippen LogP contribution < -0.4 is 10.7 Å². The van der Waals surface area contributed by atoms with E-state index in [-0.39, 0.29) is 11.5 Å². The fourth-order valence-corrected chi connectivity index (χ4v) is 2.05. The molecule has 2 aromatic heterocycles. The van der Waals surface area contributed by atoms with Crippen molar-refractivity contribution in [2.75, 3.05) is 5.43 Å². The summed E-state index contributed by atoms with van der Waals surface area (Å²) in [7, 11) is 0. The zero-order chi connectivity index (χ0) is 17.6. The van der Waals surface area contributed by atoms with Gasteiger partial charge >= 0.3 is 0 Å². The van der Waals surface area contributed by atoms with Gasteiger partial charge < -0.3 is 5.21 Å². The summed E-state index contributed by atoms with van der Waals surface area (Å²) in [6.45, 7) is 1.73. The molecule has 1 atom stereocenters. The van der Waals surface area contributed by atoms with Crippen LogP contribution in [0.25, 0.3) is 11.4 Å². The number of nitrogens with one attached hydrogen (secondary N) is 2. The van der Waals surface area contributed by atoms with Crippen molar-refractivity contribution in [2.45, 2.75) is 6.92 Å². The van der Waals surface area contributed by atoms with Gasteiger partial charge in [-0.2, -0.15) is 15.4 Å². The summed E-state index contributed by atoms with van der Waals surface area (Å²) in [5.41, 5.74) is 4.58. The Hall–Kier alpha value is -3.27. The van der Waals surface area contributed by atoms with Crippen LogP contribution in [-0.2, 0) is 0 Å². The first kappa shape index (κ1) is 16.6. The molecule has 0 saturated heterocycles. The Morgan fingerprint density at radius 3 is 2.76 bits per heavy atom. The Morgan fingerprint density at radius 2 is 2.00 bits per heavy atom. The number of hydrogen-bond acceptors (Lipinski definition) is 8. The molecule has 9 nitrogen and oxygen atoms in total. The third-order valence-corrected chi connectivity index (χ3v) is 3.33. The van der Waals surface area contributed by atoms with Gasteiger partial charge in [-0.3, -0.25) is 5.43 Å². The van der Waals surface area contributed by atoms with Gasteiger partial charge in [0.05, 0.1) is 11.9 Å². The van der Waals surface area contributed by atoms with E-state index < -0.39 is 5.23 Å². The third kappa shape index (κ3) is 3.98. The van der Waals surface area contributed by atoms with Gasteiger partial charge in [0.15, 0.2) is 5.82 Å². The maximum absolute atomic E-state index is 11.2. The SMILES string of the molecule is CC(=NNc1ncccc1[NH+]([O-])O)c1cnnc(-c2ccccc2)n1. The van der Waals surface area contributed by atoms with Crippen molar-refractivity contribution in [1.82, 2.24) is 20.2 Å². The van der Waals surface area contributed by atoms with Crippen LogP contribution >= 0.6 is 0 Å². The van der Waals surface area contributed by atoms with Gasteiger partial charge in [0.25, 0.3) is 0 Å². The molecule has 1 unspecified atom stereocenters. The van der Waals surface area contributed by atoms with E-state index in [0.717, 1.165) is 5.56 Å². The monoisotopic (exact) mass is 337 g/mol. The molecule has 0 saturated carbocycles. The first-order valence-corrected chi connectivity index (χ1v) is 7.39. The van der Waals surface area contributed by atoms with Crippen molar-refractivity contribution < 1.29 is 10.4 Å². The van der Waals surface area contributed by atoms with Crippen molar-refractivity contribution in [3.05, 3.63) is 65.8 Å². The van der Waals surface area contributed by atoms with Gasteiger partial charge in [0, 0.05) is 17.8 Å². The molecule has 3 aromatic rings. The maximum Gasteiger partial charge on any atom is 0.212 e. The smallest absolute Gasteiger partial charge is 0.212 e. The average molecular weight is 337 g/mol. The van der Waals surface area contributed by atoms with E-state index in [1.807, 2.05) is 30.3 Å². The lowest BCUT2D eigenvalue weighted by Crippen LogP contribution is -2.99. The molecular weight excluding hydrogens is 322 g/mol. The Labute approximate surface area is 143 Å². The quantitative estimate of drug-likeness (QED) is 0.471. The van der Waals surface area contributed by atoms with Gasteiger partial charge in [-0.25, -0.2) is 15.2 Å². The molecule has 0 bridgehead atoms. The largest absolute Gasteiger partial charge is 0.595 e. The van der Waals surface area contributed by atoms with Gasteiger partial charge in [0.1, 0.15) is 5.69 Å². The van der Waals surface area contributed by atoms with E-state index in [4.69, 9.17) is 5.21 Å². The van der Waals surface area contributed by atoms with Crippen LogP contribution in [0.4, 0.5) is 11.5 Å². The number of rotatable bonds is 5. The van der Waals surface area contributed by atoms with Crippen LogP contribution in [0.15, 0.2) is 60.0 Å². The molecule has 0 aliphatic heterocycles. The highest BCUT2D eigenvalue weighted by Crippen LogP contribution is 2.14. The van der Waals surface area contributed by atoms with Gasteiger partial charge in [-0.1, -0.05) is 30.3 Å². The lowest BCUT2D eigenvalue weighted by atomic mass is 10.2. The second-order valence-corrected chi connectivity index (χ2v) is 5.04. The molecule has 0 radical (unpaired) electrons. The number of aromatic nitrogens is 4. The van der Waals surface area contributed by atoms with Crippen molar-refractivity contribution in [3.8, 4) is 11.4 Å². The predicted molar refractivity (Wildman–Crippen MR) is 91.1 cm³/mol. The number of anilines is 1. The highest BCUT2D eigenvalue weighted by Gasteiger charge is 2.10. The normalized spacial score (nSPS) is 12.7. The summed E-state index contributed by atoms with van der Waals surface area (Å²) < 4.78 is 0. The molecule has 9 heteroatoms. The van der Waals surface area contributed by atoms with E-state index >= 15 is 0 Å². The van der Waals surface area contributed by atoms with Gasteiger partial charge in [-0.05, 0) is 13.0 Å². The molecule has 3 N–H and O–H groups in total. The van der Waals surface area contributed by atoms with Gasteiger partial charge in [-0.15, -0.1) is 5.10 Å². The predicted octanol–water partition coefficient (Wildman–Crippen LogP) is 1.17. The number of benzene rings is 1. The van der Waals surface area contributed by atoms with Crippen LogP contribution in [0.2, 0.25) is 0 Å². The van der Waals surface area contributed by atoms with Crippen molar-refractivity contribution >= 4 is 17.2 Å². The van der Waals surface area contributed by atoms with E-state index in [2.05, 4.69) is 30.7 Å². The topological polar surface area (TPSA) is 124 Å². The molecule has 126 valence electrons. The summed E-state index contributed by atoms with van der Waals surface area (Å²) in [6, 6.07) is 12.5. The molecule has 0 amide bonds. The number of pyridine rings is 1. The molecule has 2 heterocycles. The lowest BCUT2D eigenvalue weighted by Gasteiger charge is -2.13. The van der Waals surface area contributed by atoms with Crippen LogP contribution in [0.1, 0.15) is 12.6 Å². The van der Waals surface area contributed by atoms with E-state index in [1.165, 1.54) is 18.5 Å². The first-order chi connectivity index (χ1) is 12.1.